The molecule has 0 saturated carbocycles. The van der Waals surface area contributed by atoms with Crippen LogP contribution in [0.15, 0.2) is 51.6 Å². The highest BCUT2D eigenvalue weighted by Crippen LogP contribution is 2.23. The van der Waals surface area contributed by atoms with Crippen LogP contribution in [0.25, 0.3) is 0 Å². The molecule has 96 valence electrons. The molecule has 0 radical (unpaired) electrons. The number of hydrogen-bond donors (Lipinski definition) is 1. The molecule has 0 spiro atoms. The normalized spacial score (nSPS) is 12.9. The highest BCUT2D eigenvalue weighted by atomic mass is 79.9. The molecular formula is C14H16BrNO2. The number of hydrogen-bond acceptors (Lipinski definition) is 3. The Hall–Kier alpha value is -1.10. The lowest BCUT2D eigenvalue weighted by atomic mass is 10.1. The molecule has 18 heavy (non-hydrogen) atoms. The third-order valence-corrected chi connectivity index (χ3v) is 3.42. The topological polar surface area (TPSA) is 36.6 Å². The van der Waals surface area contributed by atoms with Gasteiger partial charge in [0.25, 0.3) is 0 Å². The first-order valence-electron chi connectivity index (χ1n) is 5.79. The quantitative estimate of drug-likeness (QED) is 0.921. The van der Waals surface area contributed by atoms with E-state index in [1.165, 1.54) is 0 Å². The smallest absolute Gasteiger partial charge is 0.117 e. The average Bonchev–Trinajstić information content (AvgIpc) is 2.83. The van der Waals surface area contributed by atoms with Crippen LogP contribution in [0.4, 0.5) is 0 Å². The van der Waals surface area contributed by atoms with E-state index < -0.39 is 0 Å². The predicted molar refractivity (Wildman–Crippen MR) is 74.1 cm³/mol. The number of nitrogens with zero attached hydrogens (tertiary/aromatic N) is 1. The fourth-order valence-corrected chi connectivity index (χ4v) is 2.39. The average molecular weight is 310 g/mol. The summed E-state index contributed by atoms with van der Waals surface area (Å²) < 4.78 is 6.34. The fourth-order valence-electron chi connectivity index (χ4n) is 1.97. The van der Waals surface area contributed by atoms with Crippen molar-refractivity contribution in [3.8, 4) is 0 Å². The Morgan fingerprint density at radius 3 is 2.78 bits per heavy atom. The summed E-state index contributed by atoms with van der Waals surface area (Å²) in [6.07, 6.45) is 1.66. The first-order valence-corrected chi connectivity index (χ1v) is 6.59. The van der Waals surface area contributed by atoms with Crippen LogP contribution in [0.3, 0.4) is 0 Å². The van der Waals surface area contributed by atoms with Crippen molar-refractivity contribution in [3.05, 3.63) is 58.5 Å². The van der Waals surface area contributed by atoms with E-state index in [-0.39, 0.29) is 12.6 Å². The highest BCUT2D eigenvalue weighted by molar-refractivity contribution is 9.10. The summed E-state index contributed by atoms with van der Waals surface area (Å²) in [5.41, 5.74) is 1.08. The number of aliphatic hydroxyl groups is 1. The van der Waals surface area contributed by atoms with E-state index in [0.29, 0.717) is 6.54 Å². The first-order chi connectivity index (χ1) is 8.70. The van der Waals surface area contributed by atoms with E-state index in [1.807, 2.05) is 43.4 Å². The van der Waals surface area contributed by atoms with Crippen LogP contribution in [0.5, 0.6) is 0 Å². The Kier molecular flexibility index (Phi) is 4.58. The summed E-state index contributed by atoms with van der Waals surface area (Å²) >= 11 is 3.45. The van der Waals surface area contributed by atoms with Crippen LogP contribution in [-0.2, 0) is 6.54 Å². The zero-order chi connectivity index (χ0) is 13.0. The number of benzene rings is 1. The van der Waals surface area contributed by atoms with Gasteiger partial charge in [0.15, 0.2) is 0 Å². The van der Waals surface area contributed by atoms with Crippen LogP contribution in [0.2, 0.25) is 0 Å². The second kappa shape index (κ2) is 6.18. The number of furan rings is 1. The highest BCUT2D eigenvalue weighted by Gasteiger charge is 2.17. The Balaban J connectivity index is 2.12. The summed E-state index contributed by atoms with van der Waals surface area (Å²) in [6.45, 7) is 0.748. The molecule has 4 heteroatoms. The standard InChI is InChI=1S/C14H16BrNO2/c1-16(9-13-6-3-7-18-13)14(10-17)11-4-2-5-12(15)8-11/h2-8,14,17H,9-10H2,1H3. The molecule has 1 aromatic carbocycles. The summed E-state index contributed by atoms with van der Waals surface area (Å²) in [5.74, 6) is 0.894. The molecule has 0 amide bonds. The third kappa shape index (κ3) is 3.22. The van der Waals surface area contributed by atoms with E-state index in [1.54, 1.807) is 6.26 Å². The summed E-state index contributed by atoms with van der Waals surface area (Å²) in [4.78, 5) is 2.07. The lowest BCUT2D eigenvalue weighted by Gasteiger charge is -2.26. The van der Waals surface area contributed by atoms with Crippen molar-refractivity contribution in [1.29, 1.82) is 0 Å². The van der Waals surface area contributed by atoms with Gasteiger partial charge in [0, 0.05) is 4.47 Å². The van der Waals surface area contributed by atoms with Gasteiger partial charge in [-0.3, -0.25) is 4.90 Å². The van der Waals surface area contributed by atoms with Crippen molar-refractivity contribution in [2.45, 2.75) is 12.6 Å². The first kappa shape index (κ1) is 13.3. The minimum absolute atomic E-state index is 0.0346. The molecular weight excluding hydrogens is 294 g/mol. The molecule has 0 aliphatic rings. The molecule has 1 unspecified atom stereocenters. The molecule has 1 N–H and O–H groups in total. The van der Waals surface area contributed by atoms with Gasteiger partial charge >= 0.3 is 0 Å². The number of halogens is 1. The van der Waals surface area contributed by atoms with Crippen molar-refractivity contribution >= 4 is 15.9 Å². The van der Waals surface area contributed by atoms with E-state index in [2.05, 4.69) is 20.8 Å². The molecule has 0 saturated heterocycles. The number of likely N-dealkylation sites (N-methyl/N-ethyl adjacent to an activating group) is 1. The van der Waals surface area contributed by atoms with Gasteiger partial charge in [0.05, 0.1) is 25.5 Å². The molecule has 2 aromatic rings. The predicted octanol–water partition coefficient (Wildman–Crippen LogP) is 3.21. The zero-order valence-electron chi connectivity index (χ0n) is 10.2. The van der Waals surface area contributed by atoms with Crippen molar-refractivity contribution < 1.29 is 9.52 Å². The minimum Gasteiger partial charge on any atom is -0.468 e. The SMILES string of the molecule is CN(Cc1ccco1)C(CO)c1cccc(Br)c1. The van der Waals surface area contributed by atoms with Gasteiger partial charge in [-0.2, -0.15) is 0 Å². The van der Waals surface area contributed by atoms with Crippen molar-refractivity contribution in [1.82, 2.24) is 4.90 Å². The van der Waals surface area contributed by atoms with Crippen LogP contribution >= 0.6 is 15.9 Å². The molecule has 1 atom stereocenters. The van der Waals surface area contributed by atoms with E-state index in [0.717, 1.165) is 15.8 Å². The second-order valence-corrected chi connectivity index (χ2v) is 5.16. The van der Waals surface area contributed by atoms with E-state index >= 15 is 0 Å². The van der Waals surface area contributed by atoms with Crippen LogP contribution in [0.1, 0.15) is 17.4 Å². The van der Waals surface area contributed by atoms with Gasteiger partial charge in [-0.25, -0.2) is 0 Å². The van der Waals surface area contributed by atoms with Crippen LogP contribution in [-0.4, -0.2) is 23.7 Å². The maximum Gasteiger partial charge on any atom is 0.117 e. The molecule has 0 aliphatic heterocycles. The number of aliphatic hydroxyl groups excluding tert-OH is 1. The van der Waals surface area contributed by atoms with Gasteiger partial charge in [-0.05, 0) is 36.9 Å². The lowest BCUT2D eigenvalue weighted by molar-refractivity contribution is 0.135. The van der Waals surface area contributed by atoms with Crippen molar-refractivity contribution in [3.63, 3.8) is 0 Å². The molecule has 0 aliphatic carbocycles. The Labute approximate surface area is 115 Å². The third-order valence-electron chi connectivity index (χ3n) is 2.92. The largest absolute Gasteiger partial charge is 0.468 e. The monoisotopic (exact) mass is 309 g/mol. The van der Waals surface area contributed by atoms with Crippen molar-refractivity contribution in [2.24, 2.45) is 0 Å². The van der Waals surface area contributed by atoms with Gasteiger partial charge in [0.2, 0.25) is 0 Å². The Morgan fingerprint density at radius 2 is 2.17 bits per heavy atom. The van der Waals surface area contributed by atoms with Crippen LogP contribution in [0, 0.1) is 0 Å². The zero-order valence-corrected chi connectivity index (χ0v) is 11.8. The van der Waals surface area contributed by atoms with Gasteiger partial charge < -0.3 is 9.52 Å². The molecule has 3 nitrogen and oxygen atoms in total. The summed E-state index contributed by atoms with van der Waals surface area (Å²) in [6, 6.07) is 11.8. The maximum atomic E-state index is 9.58. The van der Waals surface area contributed by atoms with E-state index in [9.17, 15) is 5.11 Å². The van der Waals surface area contributed by atoms with Gasteiger partial charge in [-0.1, -0.05) is 28.1 Å². The maximum absolute atomic E-state index is 9.58. The lowest BCUT2D eigenvalue weighted by Crippen LogP contribution is -2.26. The van der Waals surface area contributed by atoms with Gasteiger partial charge in [0.1, 0.15) is 5.76 Å². The summed E-state index contributed by atoms with van der Waals surface area (Å²) in [7, 11) is 1.98. The second-order valence-electron chi connectivity index (χ2n) is 4.25. The molecule has 1 aromatic heterocycles. The molecule has 2 rings (SSSR count). The Bertz CT molecular complexity index is 484. The minimum atomic E-state index is -0.0346. The molecule has 0 fully saturated rings. The summed E-state index contributed by atoms with van der Waals surface area (Å²) in [5, 5.41) is 9.58. The molecule has 1 heterocycles. The van der Waals surface area contributed by atoms with Gasteiger partial charge in [-0.15, -0.1) is 0 Å². The molecule has 0 bridgehead atoms. The van der Waals surface area contributed by atoms with Crippen LogP contribution < -0.4 is 0 Å². The Morgan fingerprint density at radius 1 is 1.33 bits per heavy atom. The fraction of sp³-hybridized carbons (Fsp3) is 0.286. The van der Waals surface area contributed by atoms with Crippen molar-refractivity contribution in [2.75, 3.05) is 13.7 Å². The van der Waals surface area contributed by atoms with E-state index in [4.69, 9.17) is 4.42 Å². The number of rotatable bonds is 5.